The normalized spacial score (nSPS) is 25.6. The van der Waals surface area contributed by atoms with Gasteiger partial charge >= 0.3 is 0 Å². The van der Waals surface area contributed by atoms with Crippen molar-refractivity contribution in [2.45, 2.75) is 101 Å². The van der Waals surface area contributed by atoms with E-state index in [0.29, 0.717) is 6.61 Å². The summed E-state index contributed by atoms with van der Waals surface area (Å²) in [5.74, 6) is 0. The highest BCUT2D eigenvalue weighted by atomic mass is 16.7. The lowest BCUT2D eigenvalue weighted by atomic mass is 9.96. The standard InChI is InChI=1S/C54H58O11/c55-47-50(60-34-42-25-13-4-14-26-42)49(46(63-53(47)56)38-58-32-40-21-9-2-10-22-40)65-54-52(62-36-44-29-17-6-18-30-44)51(61-35-43-27-15-5-16-28-43)48(59-33-41-23-11-3-12-24-41)45(64-54)37-57-31-39-19-7-1-8-20-39/h1-30,45-56H,31-38H2/t45-,46+,47-,48-,49-,50+,51+,52+,53+,54+/m1/s1. The van der Waals surface area contributed by atoms with Crippen LogP contribution < -0.4 is 0 Å². The van der Waals surface area contributed by atoms with Crippen molar-refractivity contribution in [3.8, 4) is 0 Å². The lowest BCUT2D eigenvalue weighted by Crippen LogP contribution is -2.66. The van der Waals surface area contributed by atoms with Crippen LogP contribution in [0.5, 0.6) is 0 Å². The first-order chi connectivity index (χ1) is 32.1. The molecule has 10 atom stereocenters. The predicted molar refractivity (Wildman–Crippen MR) is 243 cm³/mol. The molecule has 0 spiro atoms. The van der Waals surface area contributed by atoms with Crippen LogP contribution in [0.2, 0.25) is 0 Å². The van der Waals surface area contributed by atoms with Gasteiger partial charge in [-0.1, -0.05) is 182 Å². The predicted octanol–water partition coefficient (Wildman–Crippen LogP) is 7.95. The van der Waals surface area contributed by atoms with Crippen molar-refractivity contribution in [2.24, 2.45) is 0 Å². The number of hydrogen-bond acceptors (Lipinski definition) is 11. The molecule has 0 aromatic heterocycles. The van der Waals surface area contributed by atoms with E-state index in [1.165, 1.54) is 0 Å². The van der Waals surface area contributed by atoms with Gasteiger partial charge in [-0.2, -0.15) is 0 Å². The molecule has 8 rings (SSSR count). The van der Waals surface area contributed by atoms with Crippen LogP contribution in [0.4, 0.5) is 0 Å². The number of rotatable bonds is 22. The highest BCUT2D eigenvalue weighted by Gasteiger charge is 2.53. The van der Waals surface area contributed by atoms with Crippen LogP contribution in [0, 0.1) is 0 Å². The molecule has 2 saturated heterocycles. The summed E-state index contributed by atoms with van der Waals surface area (Å²) in [6.45, 7) is 1.55. The maximum atomic E-state index is 11.7. The summed E-state index contributed by atoms with van der Waals surface area (Å²) in [6, 6.07) is 59.0. The third kappa shape index (κ3) is 13.5. The molecule has 6 aromatic carbocycles. The maximum absolute atomic E-state index is 11.7. The average Bonchev–Trinajstić information content (AvgIpc) is 3.35. The largest absolute Gasteiger partial charge is 0.385 e. The SMILES string of the molecule is O[C@@H]1[C@H](OCc2ccccc2)[C@H](O[C@@H]2O[C@H](COCc3ccccc3)[C@@H](OCc3ccccc3)[C@H](OCc3ccccc3)[C@@H]2OCc2ccccc2)[C@H](COCc2ccccc2)O[C@@H]1O. The second-order valence-electron chi connectivity index (χ2n) is 16.2. The Bertz CT molecular complexity index is 2210. The Kier molecular flexibility index (Phi) is 17.4. The van der Waals surface area contributed by atoms with E-state index in [9.17, 15) is 10.2 Å². The van der Waals surface area contributed by atoms with Gasteiger partial charge in [0.1, 0.15) is 48.8 Å². The Hall–Kier alpha value is -5.12. The molecule has 11 heteroatoms. The van der Waals surface area contributed by atoms with E-state index in [4.69, 9.17) is 42.6 Å². The monoisotopic (exact) mass is 882 g/mol. The summed E-state index contributed by atoms with van der Waals surface area (Å²) in [4.78, 5) is 0. The van der Waals surface area contributed by atoms with Gasteiger partial charge in [0.2, 0.25) is 0 Å². The smallest absolute Gasteiger partial charge is 0.187 e. The van der Waals surface area contributed by atoms with E-state index in [0.717, 1.165) is 33.4 Å². The molecule has 340 valence electrons. The summed E-state index contributed by atoms with van der Waals surface area (Å²) < 4.78 is 60.1. The molecule has 2 aliphatic rings. The Balaban J connectivity index is 1.15. The minimum atomic E-state index is -1.59. The highest BCUT2D eigenvalue weighted by molar-refractivity contribution is 5.18. The van der Waals surface area contributed by atoms with Crippen molar-refractivity contribution in [3.05, 3.63) is 215 Å². The number of aliphatic hydroxyl groups is 2. The minimum absolute atomic E-state index is 0.00282. The number of aliphatic hydroxyl groups excluding tert-OH is 2. The van der Waals surface area contributed by atoms with Gasteiger partial charge < -0.3 is 52.8 Å². The molecule has 0 saturated carbocycles. The first kappa shape index (κ1) is 46.4. The summed E-state index contributed by atoms with van der Waals surface area (Å²) in [5.41, 5.74) is 5.70. The van der Waals surface area contributed by atoms with E-state index in [1.54, 1.807) is 0 Å². The molecule has 65 heavy (non-hydrogen) atoms. The molecule has 0 bridgehead atoms. The Morgan fingerprint density at radius 2 is 0.662 bits per heavy atom. The number of ether oxygens (including phenoxy) is 9. The van der Waals surface area contributed by atoms with Gasteiger partial charge in [0.25, 0.3) is 0 Å². The van der Waals surface area contributed by atoms with Gasteiger partial charge in [-0.3, -0.25) is 0 Å². The lowest BCUT2D eigenvalue weighted by Gasteiger charge is -2.49. The van der Waals surface area contributed by atoms with Crippen molar-refractivity contribution in [1.29, 1.82) is 0 Å². The molecule has 0 aliphatic carbocycles. The fraction of sp³-hybridized carbons (Fsp3) is 0.333. The number of hydrogen-bond donors (Lipinski definition) is 2. The van der Waals surface area contributed by atoms with Crippen molar-refractivity contribution in [1.82, 2.24) is 0 Å². The molecule has 2 heterocycles. The van der Waals surface area contributed by atoms with Gasteiger partial charge in [-0.25, -0.2) is 0 Å². The van der Waals surface area contributed by atoms with Gasteiger partial charge in [-0.05, 0) is 33.4 Å². The zero-order chi connectivity index (χ0) is 44.5. The molecule has 11 nitrogen and oxygen atoms in total. The second kappa shape index (κ2) is 24.4. The van der Waals surface area contributed by atoms with Crippen LogP contribution in [0.15, 0.2) is 182 Å². The first-order valence-electron chi connectivity index (χ1n) is 22.3. The minimum Gasteiger partial charge on any atom is -0.385 e. The third-order valence-corrected chi connectivity index (χ3v) is 11.4. The molecule has 6 aromatic rings. The van der Waals surface area contributed by atoms with Crippen LogP contribution in [0.3, 0.4) is 0 Å². The molecular weight excluding hydrogens is 825 g/mol. The molecule has 0 amide bonds. The number of benzene rings is 6. The van der Waals surface area contributed by atoms with Crippen LogP contribution in [-0.4, -0.2) is 84.8 Å². The molecule has 0 unspecified atom stereocenters. The maximum Gasteiger partial charge on any atom is 0.187 e. The second-order valence-corrected chi connectivity index (χ2v) is 16.2. The van der Waals surface area contributed by atoms with Crippen LogP contribution in [-0.2, 0) is 82.3 Å². The summed E-state index contributed by atoms with van der Waals surface area (Å²) in [7, 11) is 0. The van der Waals surface area contributed by atoms with Crippen molar-refractivity contribution in [3.63, 3.8) is 0 Å². The van der Waals surface area contributed by atoms with Crippen LogP contribution >= 0.6 is 0 Å². The average molecular weight is 883 g/mol. The van der Waals surface area contributed by atoms with Crippen molar-refractivity contribution >= 4 is 0 Å². The van der Waals surface area contributed by atoms with Gasteiger partial charge in [0.15, 0.2) is 12.6 Å². The topological polar surface area (TPSA) is 124 Å². The molecular formula is C54H58O11. The molecule has 2 aliphatic heterocycles. The van der Waals surface area contributed by atoms with Gasteiger partial charge in [0.05, 0.1) is 52.9 Å². The fourth-order valence-corrected chi connectivity index (χ4v) is 8.04. The van der Waals surface area contributed by atoms with E-state index >= 15 is 0 Å². The molecule has 2 N–H and O–H groups in total. The Morgan fingerprint density at radius 3 is 1.06 bits per heavy atom. The van der Waals surface area contributed by atoms with Crippen LogP contribution in [0.1, 0.15) is 33.4 Å². The zero-order valence-electron chi connectivity index (χ0n) is 36.3. The van der Waals surface area contributed by atoms with Gasteiger partial charge in [0, 0.05) is 0 Å². The Labute approximate surface area is 381 Å². The fourth-order valence-electron chi connectivity index (χ4n) is 8.04. The molecule has 2 fully saturated rings. The van der Waals surface area contributed by atoms with Crippen LogP contribution in [0.25, 0.3) is 0 Å². The molecule has 0 radical (unpaired) electrons. The quantitative estimate of drug-likeness (QED) is 0.0691. The summed E-state index contributed by atoms with van der Waals surface area (Å²) >= 11 is 0. The summed E-state index contributed by atoms with van der Waals surface area (Å²) in [6.07, 6.45) is -10.4. The lowest BCUT2D eigenvalue weighted by molar-refractivity contribution is -0.371. The summed E-state index contributed by atoms with van der Waals surface area (Å²) in [5, 5.41) is 22.8. The van der Waals surface area contributed by atoms with E-state index in [-0.39, 0.29) is 46.2 Å². The van der Waals surface area contributed by atoms with Crippen molar-refractivity contribution in [2.75, 3.05) is 13.2 Å². The van der Waals surface area contributed by atoms with E-state index in [1.807, 2.05) is 182 Å². The van der Waals surface area contributed by atoms with E-state index in [2.05, 4.69) is 0 Å². The Morgan fingerprint density at radius 1 is 0.338 bits per heavy atom. The third-order valence-electron chi connectivity index (χ3n) is 11.4. The van der Waals surface area contributed by atoms with Crippen molar-refractivity contribution < 1.29 is 52.8 Å². The first-order valence-corrected chi connectivity index (χ1v) is 22.3. The zero-order valence-corrected chi connectivity index (χ0v) is 36.3. The van der Waals surface area contributed by atoms with Gasteiger partial charge in [-0.15, -0.1) is 0 Å². The highest BCUT2D eigenvalue weighted by Crippen LogP contribution is 2.35. The van der Waals surface area contributed by atoms with E-state index < -0.39 is 61.4 Å².